The topological polar surface area (TPSA) is 81.1 Å². The fourth-order valence-electron chi connectivity index (χ4n) is 1.45. The Bertz CT molecular complexity index is 250. The van der Waals surface area contributed by atoms with Crippen molar-refractivity contribution in [2.75, 3.05) is 39.8 Å². The summed E-state index contributed by atoms with van der Waals surface area (Å²) in [6, 6.07) is 0. The molecule has 0 unspecified atom stereocenters. The van der Waals surface area contributed by atoms with Gasteiger partial charge in [-0.2, -0.15) is 8.42 Å². The van der Waals surface area contributed by atoms with Crippen molar-refractivity contribution in [1.29, 1.82) is 0 Å². The van der Waals surface area contributed by atoms with Crippen molar-refractivity contribution in [1.82, 2.24) is 9.80 Å². The van der Waals surface area contributed by atoms with Crippen LogP contribution in [-0.4, -0.2) is 67.1 Å². The molecule has 1 saturated heterocycles. The van der Waals surface area contributed by atoms with Gasteiger partial charge in [-0.15, -0.1) is 0 Å². The van der Waals surface area contributed by atoms with Crippen LogP contribution in [0.25, 0.3) is 0 Å². The molecule has 2 N–H and O–H groups in total. The highest BCUT2D eigenvalue weighted by Crippen LogP contribution is 2.00. The molecule has 0 atom stereocenters. The number of likely N-dealkylation sites (N-methyl/N-ethyl adjacent to an activating group) is 1. The zero-order chi connectivity index (χ0) is 12.6. The molecule has 1 heterocycles. The molecular weight excluding hydrogens is 232 g/mol. The molecule has 0 bridgehead atoms. The Morgan fingerprint density at radius 2 is 1.56 bits per heavy atom. The van der Waals surface area contributed by atoms with Crippen molar-refractivity contribution in [2.24, 2.45) is 0 Å². The van der Waals surface area contributed by atoms with Crippen molar-refractivity contribution < 1.29 is 17.5 Å². The molecule has 0 aromatic rings. The first-order valence-corrected chi connectivity index (χ1v) is 6.83. The second-order valence-electron chi connectivity index (χ2n) is 3.95. The third kappa shape index (κ3) is 11.9. The number of rotatable bonds is 3. The molecule has 1 fully saturated rings. The molecule has 0 aliphatic carbocycles. The van der Waals surface area contributed by atoms with Crippen LogP contribution >= 0.6 is 0 Å². The third-order valence-electron chi connectivity index (χ3n) is 2.42. The summed E-state index contributed by atoms with van der Waals surface area (Å²) in [4.78, 5) is 4.98. The Morgan fingerprint density at radius 3 is 1.94 bits per heavy atom. The zero-order valence-electron chi connectivity index (χ0n) is 9.96. The van der Waals surface area contributed by atoms with E-state index in [1.54, 1.807) is 0 Å². The lowest BCUT2D eigenvalue weighted by atomic mass is 10.3. The smallest absolute Gasteiger partial charge is 0.304 e. The van der Waals surface area contributed by atoms with Gasteiger partial charge in [0.2, 0.25) is 0 Å². The van der Waals surface area contributed by atoms with Gasteiger partial charge in [0.1, 0.15) is 0 Å². The maximum absolute atomic E-state index is 8.74. The van der Waals surface area contributed by atoms with E-state index in [1.807, 2.05) is 0 Å². The molecule has 7 heteroatoms. The minimum atomic E-state index is -4.67. The fourth-order valence-corrected chi connectivity index (χ4v) is 1.45. The van der Waals surface area contributed by atoms with Crippen molar-refractivity contribution in [2.45, 2.75) is 19.8 Å². The summed E-state index contributed by atoms with van der Waals surface area (Å²) in [5.74, 6) is 0. The van der Waals surface area contributed by atoms with Crippen molar-refractivity contribution >= 4 is 10.4 Å². The van der Waals surface area contributed by atoms with Gasteiger partial charge in [-0.3, -0.25) is 9.11 Å². The summed E-state index contributed by atoms with van der Waals surface area (Å²) in [5.41, 5.74) is 0. The first kappa shape index (κ1) is 15.8. The molecule has 0 aromatic carbocycles. The second-order valence-corrected chi connectivity index (χ2v) is 4.84. The van der Waals surface area contributed by atoms with Gasteiger partial charge < -0.3 is 9.80 Å². The average Bonchev–Trinajstić information content (AvgIpc) is 2.14. The van der Waals surface area contributed by atoms with E-state index in [0.29, 0.717) is 0 Å². The van der Waals surface area contributed by atoms with Gasteiger partial charge in [0.25, 0.3) is 0 Å². The highest BCUT2D eigenvalue weighted by Gasteiger charge is 2.11. The van der Waals surface area contributed by atoms with E-state index in [1.165, 1.54) is 45.6 Å². The molecule has 0 amide bonds. The summed E-state index contributed by atoms with van der Waals surface area (Å²) in [5, 5.41) is 0. The number of nitrogens with zero attached hydrogens (tertiary/aromatic N) is 2. The van der Waals surface area contributed by atoms with E-state index in [4.69, 9.17) is 17.5 Å². The molecule has 0 aromatic heterocycles. The van der Waals surface area contributed by atoms with Crippen molar-refractivity contribution in [3.63, 3.8) is 0 Å². The lowest BCUT2D eigenvalue weighted by Gasteiger charge is -2.32. The van der Waals surface area contributed by atoms with Crippen LogP contribution < -0.4 is 0 Å². The highest BCUT2D eigenvalue weighted by atomic mass is 32.3. The van der Waals surface area contributed by atoms with Crippen LogP contribution in [0.2, 0.25) is 0 Å². The largest absolute Gasteiger partial charge is 0.394 e. The summed E-state index contributed by atoms with van der Waals surface area (Å²) in [6.45, 7) is 8.63. The van der Waals surface area contributed by atoms with Gasteiger partial charge in [-0.1, -0.05) is 13.3 Å². The molecule has 0 saturated carbocycles. The van der Waals surface area contributed by atoms with E-state index in [9.17, 15) is 0 Å². The van der Waals surface area contributed by atoms with E-state index in [0.717, 1.165) is 0 Å². The summed E-state index contributed by atoms with van der Waals surface area (Å²) < 4.78 is 31.6. The van der Waals surface area contributed by atoms with Gasteiger partial charge in [0.05, 0.1) is 0 Å². The molecule has 98 valence electrons. The fraction of sp³-hybridized carbons (Fsp3) is 1.00. The summed E-state index contributed by atoms with van der Waals surface area (Å²) in [7, 11) is -2.46. The molecular formula is C9H22N2O4S. The SMILES string of the molecule is CCCCN1CCN(C)CC1.O=S(=O)(O)O. The first-order chi connectivity index (χ1) is 7.33. The van der Waals surface area contributed by atoms with Crippen LogP contribution in [0.3, 0.4) is 0 Å². The van der Waals surface area contributed by atoms with Crippen molar-refractivity contribution in [3.05, 3.63) is 0 Å². The molecule has 0 spiro atoms. The van der Waals surface area contributed by atoms with Gasteiger partial charge in [0, 0.05) is 26.2 Å². The Hall–Kier alpha value is -0.210. The van der Waals surface area contributed by atoms with Crippen LogP contribution in [0.1, 0.15) is 19.8 Å². The highest BCUT2D eigenvalue weighted by molar-refractivity contribution is 7.79. The third-order valence-corrected chi connectivity index (χ3v) is 2.42. The first-order valence-electron chi connectivity index (χ1n) is 5.43. The maximum Gasteiger partial charge on any atom is 0.394 e. The van der Waals surface area contributed by atoms with Crippen molar-refractivity contribution in [3.8, 4) is 0 Å². The molecule has 1 aliphatic heterocycles. The summed E-state index contributed by atoms with van der Waals surface area (Å²) in [6.07, 6.45) is 2.69. The summed E-state index contributed by atoms with van der Waals surface area (Å²) >= 11 is 0. The minimum Gasteiger partial charge on any atom is -0.304 e. The minimum absolute atomic E-state index is 1.25. The Labute approximate surface area is 97.8 Å². The van der Waals surface area contributed by atoms with E-state index >= 15 is 0 Å². The van der Waals surface area contributed by atoms with Crippen LogP contribution in [0, 0.1) is 0 Å². The Balaban J connectivity index is 0.000000385. The van der Waals surface area contributed by atoms with Crippen LogP contribution in [0.15, 0.2) is 0 Å². The van der Waals surface area contributed by atoms with Crippen LogP contribution in [-0.2, 0) is 10.4 Å². The second kappa shape index (κ2) is 7.97. The average molecular weight is 254 g/mol. The Kier molecular flexibility index (Phi) is 7.86. The van der Waals surface area contributed by atoms with Gasteiger partial charge >= 0.3 is 10.4 Å². The Morgan fingerprint density at radius 1 is 1.12 bits per heavy atom. The lowest BCUT2D eigenvalue weighted by Crippen LogP contribution is -2.44. The quantitative estimate of drug-likeness (QED) is 0.709. The predicted octanol–water partition coefficient (Wildman–Crippen LogP) is 0.381. The van der Waals surface area contributed by atoms with E-state index in [-0.39, 0.29) is 0 Å². The molecule has 6 nitrogen and oxygen atoms in total. The number of hydrogen-bond donors (Lipinski definition) is 2. The normalized spacial score (nSPS) is 19.0. The molecule has 1 aliphatic rings. The monoisotopic (exact) mass is 254 g/mol. The standard InChI is InChI=1S/C9H20N2.H2O4S/c1-3-4-5-11-8-6-10(2)7-9-11;1-5(2,3)4/h3-9H2,1-2H3;(H2,1,2,3,4). The molecule has 0 radical (unpaired) electrons. The lowest BCUT2D eigenvalue weighted by molar-refractivity contribution is 0.152. The van der Waals surface area contributed by atoms with Crippen LogP contribution in [0.5, 0.6) is 0 Å². The predicted molar refractivity (Wildman–Crippen MR) is 63.0 cm³/mol. The maximum atomic E-state index is 8.74. The van der Waals surface area contributed by atoms with Gasteiger partial charge in [-0.05, 0) is 20.0 Å². The number of piperazine rings is 1. The number of hydrogen-bond acceptors (Lipinski definition) is 4. The van der Waals surface area contributed by atoms with Crippen LogP contribution in [0.4, 0.5) is 0 Å². The van der Waals surface area contributed by atoms with Gasteiger partial charge in [0.15, 0.2) is 0 Å². The van der Waals surface area contributed by atoms with Gasteiger partial charge in [-0.25, -0.2) is 0 Å². The molecule has 16 heavy (non-hydrogen) atoms. The molecule has 1 rings (SSSR count). The zero-order valence-corrected chi connectivity index (χ0v) is 10.8. The van der Waals surface area contributed by atoms with E-state index < -0.39 is 10.4 Å². The van der Waals surface area contributed by atoms with E-state index in [2.05, 4.69) is 23.8 Å². The number of unbranched alkanes of at least 4 members (excludes halogenated alkanes) is 1.